The number of non-ortho nitro benzene ring substituents is 1. The summed E-state index contributed by atoms with van der Waals surface area (Å²) >= 11 is 0. The summed E-state index contributed by atoms with van der Waals surface area (Å²) in [4.78, 5) is 34.5. The quantitative estimate of drug-likeness (QED) is 0.450. The van der Waals surface area contributed by atoms with Crippen molar-refractivity contribution in [3.63, 3.8) is 0 Å². The molecule has 2 aromatic carbocycles. The van der Waals surface area contributed by atoms with Crippen LogP contribution in [0.2, 0.25) is 0 Å². The zero-order valence-electron chi connectivity index (χ0n) is 14.9. The van der Waals surface area contributed by atoms with Crippen molar-refractivity contribution in [3.8, 4) is 11.5 Å². The van der Waals surface area contributed by atoms with E-state index in [2.05, 4.69) is 5.32 Å². The second kappa shape index (κ2) is 8.65. The lowest BCUT2D eigenvalue weighted by Crippen LogP contribution is -2.30. The number of nitro benzene ring substituents is 1. The number of methoxy groups -OCH3 is 2. The van der Waals surface area contributed by atoms with Crippen molar-refractivity contribution in [1.82, 2.24) is 0 Å². The highest BCUT2D eigenvalue weighted by molar-refractivity contribution is 5.97. The Morgan fingerprint density at radius 2 is 1.67 bits per heavy atom. The van der Waals surface area contributed by atoms with E-state index in [1.807, 2.05) is 0 Å². The Balaban J connectivity index is 2.01. The number of carbonyl (C=O) groups excluding carboxylic acids is 2. The molecule has 0 aliphatic carbocycles. The summed E-state index contributed by atoms with van der Waals surface area (Å²) in [5.41, 5.74) is 0.447. The van der Waals surface area contributed by atoms with E-state index in [4.69, 9.17) is 14.2 Å². The molecule has 9 heteroatoms. The first-order chi connectivity index (χ1) is 12.8. The van der Waals surface area contributed by atoms with E-state index in [1.54, 1.807) is 6.07 Å². The predicted octanol–water partition coefficient (Wildman–Crippen LogP) is 2.80. The molecule has 1 N–H and O–H groups in total. The molecule has 0 fully saturated rings. The zero-order chi connectivity index (χ0) is 20.0. The molecule has 0 bridgehead atoms. The van der Waals surface area contributed by atoms with Crippen LogP contribution in [0, 0.1) is 10.1 Å². The number of amides is 1. The summed E-state index contributed by atoms with van der Waals surface area (Å²) in [7, 11) is 2.91. The average molecular weight is 374 g/mol. The summed E-state index contributed by atoms with van der Waals surface area (Å²) in [6.45, 7) is 1.42. The van der Waals surface area contributed by atoms with Gasteiger partial charge in [0.2, 0.25) is 0 Å². The minimum absolute atomic E-state index is 0.0964. The number of ether oxygens (including phenoxy) is 3. The molecule has 142 valence electrons. The van der Waals surface area contributed by atoms with Gasteiger partial charge in [0.05, 0.1) is 24.7 Å². The van der Waals surface area contributed by atoms with Gasteiger partial charge in [0.15, 0.2) is 17.6 Å². The third-order valence-electron chi connectivity index (χ3n) is 3.62. The van der Waals surface area contributed by atoms with Crippen LogP contribution in [0.4, 0.5) is 11.4 Å². The number of carbonyl (C=O) groups is 2. The first-order valence-electron chi connectivity index (χ1n) is 7.84. The molecule has 0 radical (unpaired) electrons. The van der Waals surface area contributed by atoms with Gasteiger partial charge in [-0.1, -0.05) is 0 Å². The molecule has 2 rings (SSSR count). The SMILES string of the molecule is COc1ccc(C(=O)O[C@@H](C)C(=O)Nc2ccc([N+](=O)[O-])cc2)cc1OC. The molecule has 0 aromatic heterocycles. The maximum absolute atomic E-state index is 12.2. The number of nitro groups is 1. The molecular weight excluding hydrogens is 356 g/mol. The standard InChI is InChI=1S/C18H18N2O7/c1-11(17(21)19-13-5-7-14(8-6-13)20(23)24)27-18(22)12-4-9-15(25-2)16(10-12)26-3/h4-11H,1-3H3,(H,19,21)/t11-/m0/s1. The summed E-state index contributed by atoms with van der Waals surface area (Å²) < 4.78 is 15.4. The van der Waals surface area contributed by atoms with Gasteiger partial charge in [-0.15, -0.1) is 0 Å². The molecule has 0 saturated carbocycles. The summed E-state index contributed by atoms with van der Waals surface area (Å²) in [6.07, 6.45) is -1.08. The van der Waals surface area contributed by atoms with Crippen LogP contribution in [0.25, 0.3) is 0 Å². The van der Waals surface area contributed by atoms with E-state index < -0.39 is 22.9 Å². The van der Waals surface area contributed by atoms with E-state index >= 15 is 0 Å². The van der Waals surface area contributed by atoms with E-state index in [1.165, 1.54) is 57.5 Å². The van der Waals surface area contributed by atoms with Crippen molar-refractivity contribution in [2.24, 2.45) is 0 Å². The molecule has 0 unspecified atom stereocenters. The molecule has 27 heavy (non-hydrogen) atoms. The van der Waals surface area contributed by atoms with E-state index in [0.29, 0.717) is 17.2 Å². The Morgan fingerprint density at radius 3 is 2.22 bits per heavy atom. The fraction of sp³-hybridized carbons (Fsp3) is 0.222. The number of benzene rings is 2. The van der Waals surface area contributed by atoms with Gasteiger partial charge in [-0.3, -0.25) is 14.9 Å². The fourth-order valence-electron chi connectivity index (χ4n) is 2.16. The Labute approximate surface area is 155 Å². The molecular formula is C18H18N2O7. The zero-order valence-corrected chi connectivity index (χ0v) is 14.9. The van der Waals surface area contributed by atoms with Crippen LogP contribution in [-0.2, 0) is 9.53 Å². The third-order valence-corrected chi connectivity index (χ3v) is 3.62. The molecule has 2 aromatic rings. The van der Waals surface area contributed by atoms with Crippen molar-refractivity contribution in [3.05, 3.63) is 58.1 Å². The van der Waals surface area contributed by atoms with Gasteiger partial charge in [0, 0.05) is 17.8 Å². The summed E-state index contributed by atoms with van der Waals surface area (Å²) in [5.74, 6) is -0.465. The number of nitrogens with zero attached hydrogens (tertiary/aromatic N) is 1. The van der Waals surface area contributed by atoms with Crippen LogP contribution in [0.15, 0.2) is 42.5 Å². The molecule has 1 amide bonds. The van der Waals surface area contributed by atoms with Crippen molar-refractivity contribution in [2.45, 2.75) is 13.0 Å². The van der Waals surface area contributed by atoms with Gasteiger partial charge in [-0.05, 0) is 37.3 Å². The highest BCUT2D eigenvalue weighted by Gasteiger charge is 2.20. The maximum atomic E-state index is 12.2. The monoisotopic (exact) mass is 374 g/mol. The van der Waals surface area contributed by atoms with Gasteiger partial charge >= 0.3 is 5.97 Å². The number of nitrogens with one attached hydrogen (secondary N) is 1. The smallest absolute Gasteiger partial charge is 0.339 e. The fourth-order valence-corrected chi connectivity index (χ4v) is 2.16. The van der Waals surface area contributed by atoms with Crippen LogP contribution >= 0.6 is 0 Å². The number of hydrogen-bond acceptors (Lipinski definition) is 7. The Hall–Kier alpha value is -3.62. The van der Waals surface area contributed by atoms with Crippen molar-refractivity contribution < 1.29 is 28.7 Å². The predicted molar refractivity (Wildman–Crippen MR) is 96.1 cm³/mol. The number of anilines is 1. The Bertz CT molecular complexity index is 849. The third kappa shape index (κ3) is 4.94. The summed E-state index contributed by atoms with van der Waals surface area (Å²) in [5, 5.41) is 13.2. The molecule has 9 nitrogen and oxygen atoms in total. The highest BCUT2D eigenvalue weighted by atomic mass is 16.6. The Kier molecular flexibility index (Phi) is 6.32. The molecule has 0 aliphatic rings. The lowest BCUT2D eigenvalue weighted by atomic mass is 10.2. The molecule has 0 heterocycles. The van der Waals surface area contributed by atoms with Crippen molar-refractivity contribution in [1.29, 1.82) is 0 Å². The summed E-state index contributed by atoms with van der Waals surface area (Å²) in [6, 6.07) is 9.79. The van der Waals surface area contributed by atoms with E-state index in [0.717, 1.165) is 0 Å². The van der Waals surface area contributed by atoms with Crippen LogP contribution in [-0.4, -0.2) is 37.1 Å². The molecule has 1 atom stereocenters. The van der Waals surface area contributed by atoms with Crippen LogP contribution in [0.5, 0.6) is 11.5 Å². The van der Waals surface area contributed by atoms with Crippen LogP contribution in [0.1, 0.15) is 17.3 Å². The van der Waals surface area contributed by atoms with Crippen molar-refractivity contribution in [2.75, 3.05) is 19.5 Å². The Morgan fingerprint density at radius 1 is 1.04 bits per heavy atom. The molecule has 0 spiro atoms. The van der Waals surface area contributed by atoms with Gasteiger partial charge in [0.1, 0.15) is 0 Å². The van der Waals surface area contributed by atoms with Gasteiger partial charge in [-0.2, -0.15) is 0 Å². The second-order valence-corrected chi connectivity index (χ2v) is 5.41. The highest BCUT2D eigenvalue weighted by Crippen LogP contribution is 2.28. The van der Waals surface area contributed by atoms with Crippen molar-refractivity contribution >= 4 is 23.3 Å². The first kappa shape index (κ1) is 19.7. The van der Waals surface area contributed by atoms with E-state index in [9.17, 15) is 19.7 Å². The van der Waals surface area contributed by atoms with Gasteiger partial charge in [0.25, 0.3) is 11.6 Å². The maximum Gasteiger partial charge on any atom is 0.339 e. The first-order valence-corrected chi connectivity index (χ1v) is 7.84. The number of esters is 1. The lowest BCUT2D eigenvalue weighted by molar-refractivity contribution is -0.384. The van der Waals surface area contributed by atoms with Crippen LogP contribution < -0.4 is 14.8 Å². The second-order valence-electron chi connectivity index (χ2n) is 5.41. The molecule has 0 aliphatic heterocycles. The largest absolute Gasteiger partial charge is 0.493 e. The average Bonchev–Trinajstić information content (AvgIpc) is 2.67. The van der Waals surface area contributed by atoms with Gasteiger partial charge < -0.3 is 19.5 Å². The normalized spacial score (nSPS) is 11.2. The minimum atomic E-state index is -1.08. The minimum Gasteiger partial charge on any atom is -0.493 e. The number of rotatable bonds is 7. The lowest BCUT2D eigenvalue weighted by Gasteiger charge is -2.14. The van der Waals surface area contributed by atoms with E-state index in [-0.39, 0.29) is 11.3 Å². The van der Waals surface area contributed by atoms with Gasteiger partial charge in [-0.25, -0.2) is 4.79 Å². The topological polar surface area (TPSA) is 117 Å². The van der Waals surface area contributed by atoms with Crippen LogP contribution in [0.3, 0.4) is 0 Å². The molecule has 0 saturated heterocycles. The number of hydrogen-bond donors (Lipinski definition) is 1.